The predicted molar refractivity (Wildman–Crippen MR) is 68.9 cm³/mol. The fourth-order valence-corrected chi connectivity index (χ4v) is 1.87. The maximum Gasteiger partial charge on any atom is 0.310 e. The average Bonchev–Trinajstić information content (AvgIpc) is 2.29. The lowest BCUT2D eigenvalue weighted by Crippen LogP contribution is -2.29. The minimum absolute atomic E-state index is 0.109. The number of hydrogen-bond donors (Lipinski definition) is 1. The minimum atomic E-state index is -0.122. The van der Waals surface area contributed by atoms with Crippen LogP contribution in [0.1, 0.15) is 18.1 Å². The van der Waals surface area contributed by atoms with Crippen LogP contribution in [0, 0.1) is 12.8 Å². The summed E-state index contributed by atoms with van der Waals surface area (Å²) in [5.74, 6) is -0.231. The maximum absolute atomic E-state index is 11.8. The van der Waals surface area contributed by atoms with Crippen LogP contribution in [-0.2, 0) is 16.0 Å². The van der Waals surface area contributed by atoms with Crippen molar-refractivity contribution in [2.45, 2.75) is 20.3 Å². The van der Waals surface area contributed by atoms with Crippen molar-refractivity contribution in [2.24, 2.45) is 5.92 Å². The van der Waals surface area contributed by atoms with Crippen molar-refractivity contribution in [3.05, 3.63) is 35.4 Å². The lowest BCUT2D eigenvalue weighted by molar-refractivity contribution is -0.147. The van der Waals surface area contributed by atoms with E-state index in [1.165, 1.54) is 11.1 Å². The number of carbonyl (C=O) groups excluding carboxylic acids is 1. The van der Waals surface area contributed by atoms with E-state index in [4.69, 9.17) is 4.74 Å². The molecule has 0 aromatic heterocycles. The number of aryl methyl sites for hydroxylation is 1. The summed E-state index contributed by atoms with van der Waals surface area (Å²) in [5, 5.41) is 3.04. The zero-order chi connectivity index (χ0) is 12.7. The highest BCUT2D eigenvalue weighted by Crippen LogP contribution is 2.12. The lowest BCUT2D eigenvalue weighted by Gasteiger charge is -2.15. The molecule has 0 radical (unpaired) electrons. The van der Waals surface area contributed by atoms with Crippen molar-refractivity contribution in [2.75, 3.05) is 20.2 Å². The van der Waals surface area contributed by atoms with Gasteiger partial charge in [-0.25, -0.2) is 0 Å². The molecule has 0 aliphatic carbocycles. The molecule has 0 aliphatic heterocycles. The predicted octanol–water partition coefficient (Wildman–Crippen LogP) is 1.94. The zero-order valence-electron chi connectivity index (χ0n) is 10.8. The summed E-state index contributed by atoms with van der Waals surface area (Å²) >= 11 is 0. The summed E-state index contributed by atoms with van der Waals surface area (Å²) in [6.45, 7) is 4.97. The molecular formula is C14H21NO2. The Balaban J connectivity index is 2.69. The summed E-state index contributed by atoms with van der Waals surface area (Å²) in [4.78, 5) is 11.8. The molecule has 0 bridgehead atoms. The second kappa shape index (κ2) is 7.07. The molecule has 0 aliphatic rings. The number of esters is 1. The Morgan fingerprint density at radius 2 is 2.24 bits per heavy atom. The van der Waals surface area contributed by atoms with Gasteiger partial charge in [0.05, 0.1) is 12.5 Å². The number of carbonyl (C=O) groups is 1. The van der Waals surface area contributed by atoms with Gasteiger partial charge >= 0.3 is 5.97 Å². The largest absolute Gasteiger partial charge is 0.466 e. The monoisotopic (exact) mass is 235 g/mol. The Kier molecular flexibility index (Phi) is 5.70. The van der Waals surface area contributed by atoms with Gasteiger partial charge in [0.25, 0.3) is 0 Å². The average molecular weight is 235 g/mol. The number of ether oxygens (including phenoxy) is 1. The molecule has 0 amide bonds. The molecule has 0 saturated carbocycles. The van der Waals surface area contributed by atoms with Crippen LogP contribution in [-0.4, -0.2) is 26.2 Å². The first kappa shape index (κ1) is 13.7. The van der Waals surface area contributed by atoms with Crippen LogP contribution >= 0.6 is 0 Å². The second-order valence-corrected chi connectivity index (χ2v) is 4.20. The van der Waals surface area contributed by atoms with Crippen LogP contribution < -0.4 is 5.32 Å². The highest BCUT2D eigenvalue weighted by molar-refractivity contribution is 5.73. The minimum Gasteiger partial charge on any atom is -0.466 e. The van der Waals surface area contributed by atoms with E-state index in [2.05, 4.69) is 30.4 Å². The van der Waals surface area contributed by atoms with Crippen LogP contribution in [0.4, 0.5) is 0 Å². The quantitative estimate of drug-likeness (QED) is 0.766. The summed E-state index contributed by atoms with van der Waals surface area (Å²) in [7, 11) is 1.85. The molecule has 1 aromatic carbocycles. The molecule has 1 atom stereocenters. The Hall–Kier alpha value is -1.35. The van der Waals surface area contributed by atoms with E-state index in [-0.39, 0.29) is 11.9 Å². The molecule has 0 heterocycles. The number of nitrogens with one attached hydrogen (secondary N) is 1. The van der Waals surface area contributed by atoms with Crippen LogP contribution in [0.3, 0.4) is 0 Å². The zero-order valence-corrected chi connectivity index (χ0v) is 10.8. The van der Waals surface area contributed by atoms with Crippen molar-refractivity contribution in [1.82, 2.24) is 5.32 Å². The van der Waals surface area contributed by atoms with Crippen molar-refractivity contribution in [3.63, 3.8) is 0 Å². The number of rotatable bonds is 6. The molecule has 94 valence electrons. The third kappa shape index (κ3) is 4.57. The molecule has 3 heteroatoms. The molecule has 17 heavy (non-hydrogen) atoms. The van der Waals surface area contributed by atoms with E-state index in [0.717, 1.165) is 6.42 Å². The molecule has 1 rings (SSSR count). The van der Waals surface area contributed by atoms with Crippen molar-refractivity contribution >= 4 is 5.97 Å². The normalized spacial score (nSPS) is 12.2. The van der Waals surface area contributed by atoms with Crippen LogP contribution in [0.5, 0.6) is 0 Å². The summed E-state index contributed by atoms with van der Waals surface area (Å²) in [6, 6.07) is 8.24. The highest BCUT2D eigenvalue weighted by Gasteiger charge is 2.19. The van der Waals surface area contributed by atoms with Gasteiger partial charge in [-0.2, -0.15) is 0 Å². The SMILES string of the molecule is CCOC(=O)C(CNC)Cc1cccc(C)c1. The van der Waals surface area contributed by atoms with Gasteiger partial charge in [0.1, 0.15) is 0 Å². The molecular weight excluding hydrogens is 214 g/mol. The molecule has 0 spiro atoms. The molecule has 1 aromatic rings. The van der Waals surface area contributed by atoms with Gasteiger partial charge in [-0.15, -0.1) is 0 Å². The summed E-state index contributed by atoms with van der Waals surface area (Å²) in [6.07, 6.45) is 0.724. The first-order valence-electron chi connectivity index (χ1n) is 6.04. The molecule has 0 fully saturated rings. The Labute approximate surface area is 103 Å². The van der Waals surface area contributed by atoms with Gasteiger partial charge in [0, 0.05) is 6.54 Å². The molecule has 1 N–H and O–H groups in total. The van der Waals surface area contributed by atoms with Crippen molar-refractivity contribution < 1.29 is 9.53 Å². The van der Waals surface area contributed by atoms with E-state index in [1.54, 1.807) is 0 Å². The van der Waals surface area contributed by atoms with E-state index in [0.29, 0.717) is 13.2 Å². The fourth-order valence-electron chi connectivity index (χ4n) is 1.87. The van der Waals surface area contributed by atoms with E-state index in [1.807, 2.05) is 20.0 Å². The Morgan fingerprint density at radius 3 is 2.82 bits per heavy atom. The highest BCUT2D eigenvalue weighted by atomic mass is 16.5. The molecule has 1 unspecified atom stereocenters. The van der Waals surface area contributed by atoms with Crippen LogP contribution in [0.15, 0.2) is 24.3 Å². The van der Waals surface area contributed by atoms with E-state index in [9.17, 15) is 4.79 Å². The standard InChI is InChI=1S/C14H21NO2/c1-4-17-14(16)13(10-15-3)9-12-7-5-6-11(2)8-12/h5-8,13,15H,4,9-10H2,1-3H3. The first-order chi connectivity index (χ1) is 8.17. The number of hydrogen-bond acceptors (Lipinski definition) is 3. The van der Waals surface area contributed by atoms with Gasteiger partial charge in [-0.3, -0.25) is 4.79 Å². The van der Waals surface area contributed by atoms with Crippen molar-refractivity contribution in [1.29, 1.82) is 0 Å². The summed E-state index contributed by atoms with van der Waals surface area (Å²) in [5.41, 5.74) is 2.40. The van der Waals surface area contributed by atoms with Crippen LogP contribution in [0.25, 0.3) is 0 Å². The smallest absolute Gasteiger partial charge is 0.310 e. The Morgan fingerprint density at radius 1 is 1.47 bits per heavy atom. The third-order valence-electron chi connectivity index (χ3n) is 2.64. The van der Waals surface area contributed by atoms with Crippen molar-refractivity contribution in [3.8, 4) is 0 Å². The van der Waals surface area contributed by atoms with Crippen LogP contribution in [0.2, 0.25) is 0 Å². The van der Waals surface area contributed by atoms with Gasteiger partial charge in [-0.1, -0.05) is 29.8 Å². The maximum atomic E-state index is 11.8. The number of benzene rings is 1. The van der Waals surface area contributed by atoms with Gasteiger partial charge in [0.2, 0.25) is 0 Å². The summed E-state index contributed by atoms with van der Waals surface area (Å²) < 4.78 is 5.08. The Bertz CT molecular complexity index is 363. The lowest BCUT2D eigenvalue weighted by atomic mass is 9.98. The third-order valence-corrected chi connectivity index (χ3v) is 2.64. The van der Waals surface area contributed by atoms with E-state index < -0.39 is 0 Å². The van der Waals surface area contributed by atoms with Gasteiger partial charge < -0.3 is 10.1 Å². The molecule has 0 saturated heterocycles. The first-order valence-corrected chi connectivity index (χ1v) is 6.04. The van der Waals surface area contributed by atoms with Gasteiger partial charge in [-0.05, 0) is 32.9 Å². The van der Waals surface area contributed by atoms with E-state index >= 15 is 0 Å². The topological polar surface area (TPSA) is 38.3 Å². The van der Waals surface area contributed by atoms with Gasteiger partial charge in [0.15, 0.2) is 0 Å². The second-order valence-electron chi connectivity index (χ2n) is 4.20. The fraction of sp³-hybridized carbons (Fsp3) is 0.500. The molecule has 3 nitrogen and oxygen atoms in total.